The summed E-state index contributed by atoms with van der Waals surface area (Å²) in [4.78, 5) is 20.8. The van der Waals surface area contributed by atoms with Gasteiger partial charge in [-0.25, -0.2) is 0 Å². The fourth-order valence-corrected chi connectivity index (χ4v) is 1.37. The van der Waals surface area contributed by atoms with Crippen molar-refractivity contribution in [2.75, 3.05) is 0 Å². The van der Waals surface area contributed by atoms with Crippen molar-refractivity contribution < 1.29 is 14.8 Å². The molecule has 0 radical (unpaired) electrons. The Hall–Kier alpha value is -1.66. The number of nitrogens with zero attached hydrogens (tertiary/aromatic N) is 1. The molecule has 0 saturated carbocycles. The van der Waals surface area contributed by atoms with E-state index in [1.807, 2.05) is 0 Å². The van der Waals surface area contributed by atoms with Crippen LogP contribution in [0.25, 0.3) is 0 Å². The molecule has 92 valence electrons. The first kappa shape index (κ1) is 13.4. The molecule has 0 spiro atoms. The van der Waals surface area contributed by atoms with Crippen LogP contribution in [0.4, 0.5) is 5.69 Å². The number of carboxylic acids is 1. The minimum Gasteiger partial charge on any atom is -0.480 e. The molecule has 0 fully saturated rings. The molecule has 7 heteroatoms. The van der Waals surface area contributed by atoms with Gasteiger partial charge >= 0.3 is 5.97 Å². The third-order valence-corrected chi connectivity index (χ3v) is 2.45. The largest absolute Gasteiger partial charge is 0.480 e. The molecule has 0 aliphatic heterocycles. The minimum absolute atomic E-state index is 0.0982. The normalized spacial score (nSPS) is 12.1. The summed E-state index contributed by atoms with van der Waals surface area (Å²) in [5.41, 5.74) is 0.273. The average molecular weight is 259 g/mol. The molecule has 2 N–H and O–H groups in total. The molecule has 0 saturated heterocycles. The lowest BCUT2D eigenvalue weighted by atomic mass is 10.1. The van der Waals surface area contributed by atoms with E-state index >= 15 is 0 Å². The Morgan fingerprint density at radius 1 is 1.65 bits per heavy atom. The van der Waals surface area contributed by atoms with Crippen molar-refractivity contribution in [1.82, 2.24) is 5.32 Å². The van der Waals surface area contributed by atoms with E-state index in [9.17, 15) is 14.9 Å². The van der Waals surface area contributed by atoms with Gasteiger partial charge in [0, 0.05) is 23.2 Å². The molecular formula is C10H11ClN2O4. The SMILES string of the molecule is C[C@H](NCc1ccc(Cl)cc1[N+](=O)[O-])C(=O)O. The molecule has 6 nitrogen and oxygen atoms in total. The highest BCUT2D eigenvalue weighted by atomic mass is 35.5. The molecule has 1 rings (SSSR count). The first-order valence-electron chi connectivity index (χ1n) is 4.81. The highest BCUT2D eigenvalue weighted by Crippen LogP contribution is 2.23. The number of nitro benzene ring substituents is 1. The molecule has 0 aliphatic rings. The summed E-state index contributed by atoms with van der Waals surface area (Å²) in [7, 11) is 0. The van der Waals surface area contributed by atoms with Crippen LogP contribution in [0.1, 0.15) is 12.5 Å². The maximum atomic E-state index is 10.8. The number of nitrogens with one attached hydrogen (secondary N) is 1. The molecule has 0 aromatic heterocycles. The van der Waals surface area contributed by atoms with Gasteiger partial charge < -0.3 is 10.4 Å². The Morgan fingerprint density at radius 3 is 2.82 bits per heavy atom. The van der Waals surface area contributed by atoms with Crippen LogP contribution < -0.4 is 5.32 Å². The van der Waals surface area contributed by atoms with Crippen LogP contribution in [0.15, 0.2) is 18.2 Å². The summed E-state index contributed by atoms with van der Waals surface area (Å²) in [6, 6.07) is 3.49. The molecule has 0 aliphatic carbocycles. The number of carboxylic acid groups (broad SMARTS) is 1. The molecule has 1 aromatic carbocycles. The number of rotatable bonds is 5. The number of aliphatic carboxylic acids is 1. The quantitative estimate of drug-likeness (QED) is 0.621. The summed E-state index contributed by atoms with van der Waals surface area (Å²) in [5.74, 6) is -1.01. The summed E-state index contributed by atoms with van der Waals surface area (Å²) in [5, 5.41) is 22.4. The van der Waals surface area contributed by atoms with Crippen molar-refractivity contribution in [1.29, 1.82) is 0 Å². The van der Waals surface area contributed by atoms with Crippen molar-refractivity contribution >= 4 is 23.3 Å². The van der Waals surface area contributed by atoms with Crippen molar-refractivity contribution in [3.8, 4) is 0 Å². The van der Waals surface area contributed by atoms with Crippen LogP contribution >= 0.6 is 11.6 Å². The molecular weight excluding hydrogens is 248 g/mol. The molecule has 1 aromatic rings. The Morgan fingerprint density at radius 2 is 2.29 bits per heavy atom. The fourth-order valence-electron chi connectivity index (χ4n) is 1.21. The lowest BCUT2D eigenvalue weighted by Gasteiger charge is -2.09. The second kappa shape index (κ2) is 5.60. The number of carbonyl (C=O) groups is 1. The van der Waals surface area contributed by atoms with Crippen LogP contribution in [0.2, 0.25) is 5.02 Å². The predicted octanol–water partition coefficient (Wildman–Crippen LogP) is 1.81. The highest BCUT2D eigenvalue weighted by molar-refractivity contribution is 6.30. The summed E-state index contributed by atoms with van der Waals surface area (Å²) in [6.07, 6.45) is 0. The maximum absolute atomic E-state index is 10.8. The van der Waals surface area contributed by atoms with Gasteiger partial charge in [0.05, 0.1) is 4.92 Å². The lowest BCUT2D eigenvalue weighted by Crippen LogP contribution is -2.33. The van der Waals surface area contributed by atoms with Gasteiger partial charge in [0.1, 0.15) is 6.04 Å². The van der Waals surface area contributed by atoms with Gasteiger partial charge in [0.15, 0.2) is 0 Å². The van der Waals surface area contributed by atoms with Gasteiger partial charge in [-0.15, -0.1) is 0 Å². The van der Waals surface area contributed by atoms with E-state index in [0.29, 0.717) is 5.56 Å². The van der Waals surface area contributed by atoms with Gasteiger partial charge in [-0.05, 0) is 19.1 Å². The van der Waals surface area contributed by atoms with Crippen molar-refractivity contribution in [2.45, 2.75) is 19.5 Å². The first-order chi connectivity index (χ1) is 7.91. The van der Waals surface area contributed by atoms with Crippen molar-refractivity contribution in [3.05, 3.63) is 38.9 Å². The zero-order chi connectivity index (χ0) is 13.0. The number of hydrogen-bond acceptors (Lipinski definition) is 4. The smallest absolute Gasteiger partial charge is 0.320 e. The zero-order valence-corrected chi connectivity index (χ0v) is 9.77. The van der Waals surface area contributed by atoms with Gasteiger partial charge in [0.25, 0.3) is 5.69 Å². The first-order valence-corrected chi connectivity index (χ1v) is 5.18. The third-order valence-electron chi connectivity index (χ3n) is 2.21. The molecule has 0 heterocycles. The van der Waals surface area contributed by atoms with Gasteiger partial charge in [-0.2, -0.15) is 0 Å². The third kappa shape index (κ3) is 3.69. The van der Waals surface area contributed by atoms with Crippen LogP contribution in [-0.4, -0.2) is 22.0 Å². The Bertz CT molecular complexity index is 450. The summed E-state index contributed by atoms with van der Waals surface area (Å²) < 4.78 is 0. The van der Waals surface area contributed by atoms with Gasteiger partial charge in [-0.3, -0.25) is 14.9 Å². The predicted molar refractivity (Wildman–Crippen MR) is 62.0 cm³/mol. The van der Waals surface area contributed by atoms with Crippen LogP contribution in [-0.2, 0) is 11.3 Å². The fraction of sp³-hybridized carbons (Fsp3) is 0.300. The molecule has 0 unspecified atom stereocenters. The number of halogens is 1. The van der Waals surface area contributed by atoms with E-state index in [4.69, 9.17) is 16.7 Å². The topological polar surface area (TPSA) is 92.5 Å². The molecule has 0 amide bonds. The van der Waals surface area contributed by atoms with E-state index in [1.165, 1.54) is 25.1 Å². The second-order valence-corrected chi connectivity index (χ2v) is 3.91. The molecule has 17 heavy (non-hydrogen) atoms. The number of nitro groups is 1. The van der Waals surface area contributed by atoms with E-state index in [2.05, 4.69) is 5.32 Å². The van der Waals surface area contributed by atoms with Crippen molar-refractivity contribution in [2.24, 2.45) is 0 Å². The van der Waals surface area contributed by atoms with Crippen LogP contribution in [0, 0.1) is 10.1 Å². The summed E-state index contributed by atoms with van der Waals surface area (Å²) in [6.45, 7) is 1.56. The van der Waals surface area contributed by atoms with Gasteiger partial charge in [-0.1, -0.05) is 11.6 Å². The van der Waals surface area contributed by atoms with E-state index in [1.54, 1.807) is 0 Å². The zero-order valence-electron chi connectivity index (χ0n) is 9.01. The van der Waals surface area contributed by atoms with Crippen LogP contribution in [0.5, 0.6) is 0 Å². The minimum atomic E-state index is -1.01. The number of benzene rings is 1. The molecule has 1 atom stereocenters. The average Bonchev–Trinajstić information content (AvgIpc) is 2.26. The Balaban J connectivity index is 2.84. The van der Waals surface area contributed by atoms with Gasteiger partial charge in [0.2, 0.25) is 0 Å². The summed E-state index contributed by atoms with van der Waals surface area (Å²) >= 11 is 5.66. The molecule has 0 bridgehead atoms. The van der Waals surface area contributed by atoms with Crippen molar-refractivity contribution in [3.63, 3.8) is 0 Å². The Kier molecular flexibility index (Phi) is 4.42. The monoisotopic (exact) mass is 258 g/mol. The van der Waals surface area contributed by atoms with E-state index < -0.39 is 16.9 Å². The standard InChI is InChI=1S/C10H11ClN2O4/c1-6(10(14)15)12-5-7-2-3-8(11)4-9(7)13(16)17/h2-4,6,12H,5H2,1H3,(H,14,15)/t6-/m0/s1. The maximum Gasteiger partial charge on any atom is 0.320 e. The number of hydrogen-bond donors (Lipinski definition) is 2. The Labute approximate surface area is 102 Å². The van der Waals surface area contributed by atoms with E-state index in [-0.39, 0.29) is 17.3 Å². The highest BCUT2D eigenvalue weighted by Gasteiger charge is 2.16. The van der Waals surface area contributed by atoms with E-state index in [0.717, 1.165) is 0 Å². The van der Waals surface area contributed by atoms with Crippen LogP contribution in [0.3, 0.4) is 0 Å². The second-order valence-electron chi connectivity index (χ2n) is 3.47. The lowest BCUT2D eigenvalue weighted by molar-refractivity contribution is -0.385.